The van der Waals surface area contributed by atoms with Crippen LogP contribution in [0.25, 0.3) is 0 Å². The molecule has 1 aromatic carbocycles. The smallest absolute Gasteiger partial charge is 0.254 e. The number of amides is 1. The Bertz CT molecular complexity index is 677. The van der Waals surface area contributed by atoms with Gasteiger partial charge in [-0.1, -0.05) is 32.9 Å². The van der Waals surface area contributed by atoms with Gasteiger partial charge in [0.15, 0.2) is 0 Å². The van der Waals surface area contributed by atoms with E-state index < -0.39 is 0 Å². The van der Waals surface area contributed by atoms with E-state index in [9.17, 15) is 9.90 Å². The summed E-state index contributed by atoms with van der Waals surface area (Å²) in [5, 5.41) is 9.48. The van der Waals surface area contributed by atoms with E-state index in [1.807, 2.05) is 4.90 Å². The van der Waals surface area contributed by atoms with Crippen LogP contribution in [0.4, 0.5) is 0 Å². The minimum absolute atomic E-state index is 0.0142. The molecule has 1 amide bonds. The Hall–Kier alpha value is -2.03. The molecular formula is C21H27NO2. The molecule has 3 rings (SSSR count). The molecule has 1 aliphatic carbocycles. The fraction of sp³-hybridized carbons (Fsp3) is 0.476. The van der Waals surface area contributed by atoms with Crippen molar-refractivity contribution in [3.63, 3.8) is 0 Å². The maximum Gasteiger partial charge on any atom is 0.254 e. The molecule has 0 bridgehead atoms. The van der Waals surface area contributed by atoms with E-state index in [0.29, 0.717) is 5.56 Å². The van der Waals surface area contributed by atoms with E-state index in [2.05, 4.69) is 32.9 Å². The fourth-order valence-electron chi connectivity index (χ4n) is 3.76. The van der Waals surface area contributed by atoms with Gasteiger partial charge in [0, 0.05) is 18.2 Å². The van der Waals surface area contributed by atoms with Gasteiger partial charge in [0.1, 0.15) is 5.75 Å². The van der Waals surface area contributed by atoms with Crippen LogP contribution in [0, 0.1) is 5.41 Å². The first-order chi connectivity index (χ1) is 11.4. The number of rotatable bonds is 1. The zero-order valence-electron chi connectivity index (χ0n) is 14.9. The number of phenols is 1. The Morgan fingerprint density at radius 2 is 1.71 bits per heavy atom. The van der Waals surface area contributed by atoms with Gasteiger partial charge in [0.05, 0.1) is 0 Å². The number of hydrogen-bond acceptors (Lipinski definition) is 2. The van der Waals surface area contributed by atoms with Crippen molar-refractivity contribution < 1.29 is 9.90 Å². The van der Waals surface area contributed by atoms with E-state index in [1.165, 1.54) is 11.1 Å². The lowest BCUT2D eigenvalue weighted by Crippen LogP contribution is -2.47. The molecule has 128 valence electrons. The lowest BCUT2D eigenvalue weighted by atomic mass is 9.80. The molecule has 1 atom stereocenters. The zero-order valence-corrected chi connectivity index (χ0v) is 14.9. The Morgan fingerprint density at radius 3 is 2.33 bits per heavy atom. The van der Waals surface area contributed by atoms with E-state index >= 15 is 0 Å². The Kier molecular flexibility index (Phi) is 4.53. The standard InChI is InChI=1S/C21H27NO2/c1-21(2,3)19-14-17-7-5-4-6-15(17)12-13-22(19)20(24)16-8-10-18(23)11-9-16/h6-11,19,23H,4-5,12-14H2,1-3H3/t19-/m0/s1. The van der Waals surface area contributed by atoms with Gasteiger partial charge in [-0.05, 0) is 66.5 Å². The highest BCUT2D eigenvalue weighted by molar-refractivity contribution is 5.94. The third-order valence-corrected chi connectivity index (χ3v) is 5.15. The van der Waals surface area contributed by atoms with Gasteiger partial charge in [0.2, 0.25) is 0 Å². The maximum absolute atomic E-state index is 13.1. The molecular weight excluding hydrogens is 298 g/mol. The van der Waals surface area contributed by atoms with Crippen LogP contribution < -0.4 is 0 Å². The van der Waals surface area contributed by atoms with Gasteiger partial charge < -0.3 is 10.0 Å². The monoisotopic (exact) mass is 325 g/mol. The number of benzene rings is 1. The van der Waals surface area contributed by atoms with Gasteiger partial charge in [-0.15, -0.1) is 0 Å². The molecule has 0 unspecified atom stereocenters. The second-order valence-corrected chi connectivity index (χ2v) is 7.92. The topological polar surface area (TPSA) is 40.5 Å². The summed E-state index contributed by atoms with van der Waals surface area (Å²) in [6.07, 6.45) is 8.81. The molecule has 3 heteroatoms. The van der Waals surface area contributed by atoms with Crippen molar-refractivity contribution in [1.29, 1.82) is 0 Å². The average molecular weight is 325 g/mol. The Morgan fingerprint density at radius 1 is 1.08 bits per heavy atom. The first-order valence-electron chi connectivity index (χ1n) is 8.85. The highest BCUT2D eigenvalue weighted by atomic mass is 16.3. The molecule has 2 aliphatic rings. The quantitative estimate of drug-likeness (QED) is 0.814. The van der Waals surface area contributed by atoms with Crippen molar-refractivity contribution >= 4 is 5.91 Å². The lowest BCUT2D eigenvalue weighted by Gasteiger charge is -2.39. The first kappa shape index (κ1) is 16.8. The van der Waals surface area contributed by atoms with Crippen LogP contribution in [-0.2, 0) is 0 Å². The fourth-order valence-corrected chi connectivity index (χ4v) is 3.76. The van der Waals surface area contributed by atoms with Crippen LogP contribution in [0.3, 0.4) is 0 Å². The van der Waals surface area contributed by atoms with Gasteiger partial charge in [-0.3, -0.25) is 4.79 Å². The average Bonchev–Trinajstić information content (AvgIpc) is 2.74. The van der Waals surface area contributed by atoms with E-state index in [0.717, 1.165) is 32.2 Å². The van der Waals surface area contributed by atoms with E-state index in [4.69, 9.17) is 0 Å². The third kappa shape index (κ3) is 3.40. The summed E-state index contributed by atoms with van der Waals surface area (Å²) in [7, 11) is 0. The Balaban J connectivity index is 1.94. The van der Waals surface area contributed by atoms with E-state index in [1.54, 1.807) is 24.3 Å². The number of fused-ring (bicyclic) bond motifs is 1. The molecule has 1 aromatic rings. The minimum Gasteiger partial charge on any atom is -0.508 e. The number of hydrogen-bond donors (Lipinski definition) is 1. The lowest BCUT2D eigenvalue weighted by molar-refractivity contribution is 0.0536. The summed E-state index contributed by atoms with van der Waals surface area (Å²) in [4.78, 5) is 15.2. The predicted octanol–water partition coefficient (Wildman–Crippen LogP) is 4.69. The van der Waals surface area contributed by atoms with Crippen molar-refractivity contribution in [1.82, 2.24) is 4.90 Å². The number of aromatic hydroxyl groups is 1. The second-order valence-electron chi connectivity index (χ2n) is 7.92. The second kappa shape index (κ2) is 6.46. The molecule has 1 N–H and O–H groups in total. The van der Waals surface area contributed by atoms with Crippen LogP contribution >= 0.6 is 0 Å². The van der Waals surface area contributed by atoms with Gasteiger partial charge in [0.25, 0.3) is 5.91 Å². The number of nitrogens with zero attached hydrogens (tertiary/aromatic N) is 1. The normalized spacial score (nSPS) is 21.5. The van der Waals surface area contributed by atoms with Crippen molar-refractivity contribution in [3.8, 4) is 5.75 Å². The van der Waals surface area contributed by atoms with Crippen LogP contribution in [0.5, 0.6) is 5.75 Å². The summed E-state index contributed by atoms with van der Waals surface area (Å²) in [5.41, 5.74) is 3.52. The molecule has 0 radical (unpaired) electrons. The van der Waals surface area contributed by atoms with Crippen molar-refractivity contribution in [3.05, 3.63) is 53.1 Å². The van der Waals surface area contributed by atoms with Crippen LogP contribution in [0.15, 0.2) is 47.6 Å². The van der Waals surface area contributed by atoms with Gasteiger partial charge in [-0.2, -0.15) is 0 Å². The molecule has 0 saturated carbocycles. The number of phenolic OH excluding ortho intramolecular Hbond substituents is 1. The first-order valence-corrected chi connectivity index (χ1v) is 8.85. The predicted molar refractivity (Wildman–Crippen MR) is 97.0 cm³/mol. The number of allylic oxidation sites excluding steroid dienone is 2. The van der Waals surface area contributed by atoms with Crippen LogP contribution in [-0.4, -0.2) is 28.5 Å². The van der Waals surface area contributed by atoms with Crippen molar-refractivity contribution in [2.24, 2.45) is 5.41 Å². The van der Waals surface area contributed by atoms with Crippen LogP contribution in [0.1, 0.15) is 56.8 Å². The molecule has 1 heterocycles. The van der Waals surface area contributed by atoms with Gasteiger partial charge in [-0.25, -0.2) is 0 Å². The number of likely N-dealkylation sites (tertiary alicyclic amines) is 1. The van der Waals surface area contributed by atoms with Crippen molar-refractivity contribution in [2.45, 2.75) is 52.5 Å². The highest BCUT2D eigenvalue weighted by Gasteiger charge is 2.37. The van der Waals surface area contributed by atoms with E-state index in [-0.39, 0.29) is 23.1 Å². The maximum atomic E-state index is 13.1. The molecule has 3 nitrogen and oxygen atoms in total. The third-order valence-electron chi connectivity index (χ3n) is 5.15. The Labute approximate surface area is 144 Å². The SMILES string of the molecule is CC(C)(C)[C@@H]1CC2=CCCC=C2CCN1C(=O)c1ccc(O)cc1. The minimum atomic E-state index is 0.0142. The zero-order chi connectivity index (χ0) is 17.3. The summed E-state index contributed by atoms with van der Waals surface area (Å²) in [5.74, 6) is 0.255. The molecule has 1 fully saturated rings. The van der Waals surface area contributed by atoms with Crippen molar-refractivity contribution in [2.75, 3.05) is 6.54 Å². The molecule has 0 aromatic heterocycles. The summed E-state index contributed by atoms with van der Waals surface area (Å²) < 4.78 is 0. The molecule has 0 spiro atoms. The number of carbonyl (C=O) groups excluding carboxylic acids is 1. The number of carbonyl (C=O) groups is 1. The summed E-state index contributed by atoms with van der Waals surface area (Å²) in [6, 6.07) is 6.78. The van der Waals surface area contributed by atoms with Crippen LogP contribution in [0.2, 0.25) is 0 Å². The highest BCUT2D eigenvalue weighted by Crippen LogP contribution is 2.38. The summed E-state index contributed by atoms with van der Waals surface area (Å²) in [6.45, 7) is 7.40. The summed E-state index contributed by atoms with van der Waals surface area (Å²) >= 11 is 0. The molecule has 1 saturated heterocycles. The molecule has 1 aliphatic heterocycles. The molecule has 24 heavy (non-hydrogen) atoms. The largest absolute Gasteiger partial charge is 0.508 e. The van der Waals surface area contributed by atoms with Gasteiger partial charge >= 0.3 is 0 Å².